The van der Waals surface area contributed by atoms with E-state index in [0.29, 0.717) is 11.6 Å². The summed E-state index contributed by atoms with van der Waals surface area (Å²) in [7, 11) is 0. The van der Waals surface area contributed by atoms with E-state index < -0.39 is 0 Å². The zero-order valence-electron chi connectivity index (χ0n) is 10.5. The van der Waals surface area contributed by atoms with Gasteiger partial charge in [0.1, 0.15) is 11.6 Å². The number of aryl methyl sites for hydroxylation is 1. The van der Waals surface area contributed by atoms with Crippen LogP contribution in [0.3, 0.4) is 0 Å². The molecule has 2 N–H and O–H groups in total. The molecule has 0 radical (unpaired) electrons. The molecule has 0 aromatic carbocycles. The number of aromatic nitrogens is 3. The van der Waals surface area contributed by atoms with E-state index in [1.54, 1.807) is 6.26 Å². The minimum absolute atomic E-state index is 0.163. The minimum Gasteiger partial charge on any atom is -0.469 e. The van der Waals surface area contributed by atoms with Crippen molar-refractivity contribution in [3.63, 3.8) is 0 Å². The van der Waals surface area contributed by atoms with E-state index >= 15 is 0 Å². The van der Waals surface area contributed by atoms with Crippen molar-refractivity contribution in [2.24, 2.45) is 0 Å². The van der Waals surface area contributed by atoms with Gasteiger partial charge in [-0.1, -0.05) is 20.8 Å². The van der Waals surface area contributed by atoms with Crippen molar-refractivity contribution < 1.29 is 4.42 Å². The number of anilines is 1. The molecule has 0 aliphatic heterocycles. The van der Waals surface area contributed by atoms with Crippen LogP contribution in [0.4, 0.5) is 5.95 Å². The normalized spacial score (nSPS) is 11.8. The first-order chi connectivity index (χ1) is 7.88. The molecule has 0 saturated carbocycles. The van der Waals surface area contributed by atoms with E-state index in [1.807, 2.05) is 33.8 Å². The molecule has 5 nitrogen and oxygen atoms in total. The quantitative estimate of drug-likeness (QED) is 0.816. The Bertz CT molecular complexity index is 540. The third-order valence-electron chi connectivity index (χ3n) is 2.42. The summed E-state index contributed by atoms with van der Waals surface area (Å²) in [5.74, 6) is 2.25. The Morgan fingerprint density at radius 3 is 2.41 bits per heavy atom. The first-order valence-corrected chi connectivity index (χ1v) is 5.44. The lowest BCUT2D eigenvalue weighted by Gasteiger charge is -2.16. The van der Waals surface area contributed by atoms with Crippen LogP contribution in [0.25, 0.3) is 11.4 Å². The Hall–Kier alpha value is -1.91. The van der Waals surface area contributed by atoms with Crippen molar-refractivity contribution in [2.75, 3.05) is 5.73 Å². The topological polar surface area (TPSA) is 77.8 Å². The number of nitrogens with zero attached hydrogens (tertiary/aromatic N) is 3. The molecule has 2 aromatic rings. The number of nitrogen functional groups attached to an aromatic ring is 1. The molecular weight excluding hydrogens is 216 g/mol. The van der Waals surface area contributed by atoms with Gasteiger partial charge in [0.25, 0.3) is 0 Å². The van der Waals surface area contributed by atoms with Gasteiger partial charge in [-0.05, 0) is 13.0 Å². The van der Waals surface area contributed by atoms with Crippen LogP contribution in [-0.4, -0.2) is 15.0 Å². The van der Waals surface area contributed by atoms with Crippen LogP contribution < -0.4 is 5.73 Å². The molecule has 0 unspecified atom stereocenters. The lowest BCUT2D eigenvalue weighted by atomic mass is 9.96. The molecule has 90 valence electrons. The van der Waals surface area contributed by atoms with Crippen LogP contribution in [0, 0.1) is 6.92 Å². The standard InChI is InChI=1S/C12H16N4O/c1-7-8(5-6-17-7)9-14-10(12(2,3)4)16-11(13)15-9/h5-6H,1-4H3,(H2,13,14,15,16). The van der Waals surface area contributed by atoms with E-state index in [-0.39, 0.29) is 11.4 Å². The first-order valence-electron chi connectivity index (χ1n) is 5.44. The van der Waals surface area contributed by atoms with Crippen LogP contribution in [0.5, 0.6) is 0 Å². The van der Waals surface area contributed by atoms with Gasteiger partial charge in [0, 0.05) is 5.41 Å². The summed E-state index contributed by atoms with van der Waals surface area (Å²) < 4.78 is 5.24. The van der Waals surface area contributed by atoms with Gasteiger partial charge in [-0.2, -0.15) is 9.97 Å². The molecule has 0 fully saturated rings. The fraction of sp³-hybridized carbons (Fsp3) is 0.417. The van der Waals surface area contributed by atoms with Crippen LogP contribution in [0.2, 0.25) is 0 Å². The fourth-order valence-corrected chi connectivity index (χ4v) is 1.47. The summed E-state index contributed by atoms with van der Waals surface area (Å²) in [6.45, 7) is 7.97. The smallest absolute Gasteiger partial charge is 0.223 e. The molecule has 0 atom stereocenters. The van der Waals surface area contributed by atoms with Gasteiger partial charge >= 0.3 is 0 Å². The van der Waals surface area contributed by atoms with Crippen molar-refractivity contribution in [1.82, 2.24) is 15.0 Å². The molecule has 5 heteroatoms. The Balaban J connectivity index is 2.57. The van der Waals surface area contributed by atoms with Crippen molar-refractivity contribution in [3.05, 3.63) is 23.9 Å². The van der Waals surface area contributed by atoms with E-state index in [0.717, 1.165) is 11.3 Å². The first kappa shape index (κ1) is 11.6. The summed E-state index contributed by atoms with van der Waals surface area (Å²) in [4.78, 5) is 12.8. The second kappa shape index (κ2) is 3.84. The SMILES string of the molecule is Cc1occc1-c1nc(N)nc(C(C)(C)C)n1. The van der Waals surface area contributed by atoms with Crippen LogP contribution in [-0.2, 0) is 5.41 Å². The average Bonchev–Trinajstić information content (AvgIpc) is 2.62. The molecule has 0 saturated heterocycles. The maximum absolute atomic E-state index is 5.72. The number of hydrogen-bond acceptors (Lipinski definition) is 5. The number of nitrogens with two attached hydrogens (primary N) is 1. The lowest BCUT2D eigenvalue weighted by Crippen LogP contribution is -2.18. The highest BCUT2D eigenvalue weighted by Crippen LogP contribution is 2.24. The number of rotatable bonds is 1. The van der Waals surface area contributed by atoms with Gasteiger partial charge < -0.3 is 10.2 Å². The highest BCUT2D eigenvalue weighted by atomic mass is 16.3. The van der Waals surface area contributed by atoms with Gasteiger partial charge in [-0.25, -0.2) is 4.98 Å². The van der Waals surface area contributed by atoms with E-state index in [1.165, 1.54) is 0 Å². The van der Waals surface area contributed by atoms with Gasteiger partial charge in [-0.3, -0.25) is 0 Å². The van der Waals surface area contributed by atoms with Gasteiger partial charge in [0.05, 0.1) is 11.8 Å². The molecule has 0 spiro atoms. The van der Waals surface area contributed by atoms with Crippen molar-refractivity contribution in [1.29, 1.82) is 0 Å². The summed E-state index contributed by atoms with van der Waals surface area (Å²) in [5.41, 5.74) is 6.41. The molecule has 2 aromatic heterocycles. The minimum atomic E-state index is -0.163. The lowest BCUT2D eigenvalue weighted by molar-refractivity contribution is 0.533. The van der Waals surface area contributed by atoms with Crippen molar-refractivity contribution in [2.45, 2.75) is 33.1 Å². The average molecular weight is 232 g/mol. The predicted molar refractivity (Wildman–Crippen MR) is 65.4 cm³/mol. The van der Waals surface area contributed by atoms with Gasteiger partial charge in [0.15, 0.2) is 5.82 Å². The molecular formula is C12H16N4O. The Kier molecular flexibility index (Phi) is 2.61. The van der Waals surface area contributed by atoms with Crippen LogP contribution in [0.1, 0.15) is 32.4 Å². The van der Waals surface area contributed by atoms with Crippen molar-refractivity contribution in [3.8, 4) is 11.4 Å². The zero-order chi connectivity index (χ0) is 12.6. The zero-order valence-corrected chi connectivity index (χ0v) is 10.5. The molecule has 0 bridgehead atoms. The van der Waals surface area contributed by atoms with Crippen LogP contribution >= 0.6 is 0 Å². The summed E-state index contributed by atoms with van der Waals surface area (Å²) in [6, 6.07) is 1.83. The molecule has 0 amide bonds. The van der Waals surface area contributed by atoms with E-state index in [9.17, 15) is 0 Å². The maximum Gasteiger partial charge on any atom is 0.223 e. The highest BCUT2D eigenvalue weighted by molar-refractivity contribution is 5.57. The maximum atomic E-state index is 5.72. The highest BCUT2D eigenvalue weighted by Gasteiger charge is 2.20. The predicted octanol–water partition coefficient (Wildman–Crippen LogP) is 2.32. The molecule has 17 heavy (non-hydrogen) atoms. The van der Waals surface area contributed by atoms with E-state index in [2.05, 4.69) is 15.0 Å². The second-order valence-electron chi connectivity index (χ2n) is 4.98. The Morgan fingerprint density at radius 2 is 1.88 bits per heavy atom. The largest absolute Gasteiger partial charge is 0.469 e. The van der Waals surface area contributed by atoms with Gasteiger partial charge in [-0.15, -0.1) is 0 Å². The summed E-state index contributed by atoms with van der Waals surface area (Å²) in [5, 5.41) is 0. The number of furan rings is 1. The third kappa shape index (κ3) is 2.27. The molecule has 2 heterocycles. The second-order valence-corrected chi connectivity index (χ2v) is 4.98. The summed E-state index contributed by atoms with van der Waals surface area (Å²) in [6.07, 6.45) is 1.61. The monoisotopic (exact) mass is 232 g/mol. The van der Waals surface area contributed by atoms with Crippen molar-refractivity contribution >= 4 is 5.95 Å². The van der Waals surface area contributed by atoms with Gasteiger partial charge in [0.2, 0.25) is 5.95 Å². The van der Waals surface area contributed by atoms with E-state index in [4.69, 9.17) is 10.2 Å². The Labute approximate surface area is 100 Å². The fourth-order valence-electron chi connectivity index (χ4n) is 1.47. The summed E-state index contributed by atoms with van der Waals surface area (Å²) >= 11 is 0. The molecule has 0 aliphatic rings. The Morgan fingerprint density at radius 1 is 1.18 bits per heavy atom. The number of hydrogen-bond donors (Lipinski definition) is 1. The molecule has 2 rings (SSSR count). The van der Waals surface area contributed by atoms with Crippen LogP contribution in [0.15, 0.2) is 16.7 Å². The molecule has 0 aliphatic carbocycles. The third-order valence-corrected chi connectivity index (χ3v) is 2.42.